The van der Waals surface area contributed by atoms with Crippen LogP contribution in [0.25, 0.3) is 0 Å². The molecule has 1 fully saturated rings. The number of carbonyl (C=O) groups excluding carboxylic acids is 1. The lowest BCUT2D eigenvalue weighted by atomic mass is 9.92. The van der Waals surface area contributed by atoms with Gasteiger partial charge in [0.25, 0.3) is 5.91 Å². The van der Waals surface area contributed by atoms with Crippen molar-refractivity contribution in [3.05, 3.63) is 58.1 Å². The fourth-order valence-corrected chi connectivity index (χ4v) is 7.10. The van der Waals surface area contributed by atoms with Crippen LogP contribution in [-0.4, -0.2) is 55.8 Å². The Balaban J connectivity index is 1.77. The molecule has 0 unspecified atom stereocenters. The molecular formula is C24H28Cl2N2O4S. The normalized spacial score (nSPS) is 23.0. The van der Waals surface area contributed by atoms with Crippen molar-refractivity contribution in [3.63, 3.8) is 0 Å². The predicted molar refractivity (Wildman–Crippen MR) is 130 cm³/mol. The second-order valence-electron chi connectivity index (χ2n) is 8.63. The number of benzene rings is 2. The Morgan fingerprint density at radius 2 is 1.70 bits per heavy atom. The van der Waals surface area contributed by atoms with E-state index in [0.29, 0.717) is 55.1 Å². The van der Waals surface area contributed by atoms with E-state index < -0.39 is 10.0 Å². The molecule has 2 atom stereocenters. The molecule has 2 aromatic carbocycles. The van der Waals surface area contributed by atoms with Gasteiger partial charge in [-0.1, -0.05) is 41.8 Å². The number of sulfonamides is 1. The lowest BCUT2D eigenvalue weighted by Crippen LogP contribution is -2.51. The number of fused-ring (bicyclic) bond motifs is 2. The predicted octanol–water partition coefficient (Wildman–Crippen LogP) is 5.24. The lowest BCUT2D eigenvalue weighted by molar-refractivity contribution is 0.0658. The maximum absolute atomic E-state index is 13.9. The molecule has 1 saturated carbocycles. The summed E-state index contributed by atoms with van der Waals surface area (Å²) in [5.41, 5.74) is 0.497. The molecule has 0 bridgehead atoms. The first-order chi connectivity index (χ1) is 15.8. The highest BCUT2D eigenvalue weighted by Crippen LogP contribution is 2.35. The van der Waals surface area contributed by atoms with E-state index in [1.165, 1.54) is 12.1 Å². The van der Waals surface area contributed by atoms with Crippen LogP contribution in [-0.2, 0) is 10.0 Å². The number of carbonyl (C=O) groups is 1. The van der Waals surface area contributed by atoms with Crippen molar-refractivity contribution in [1.82, 2.24) is 9.21 Å². The summed E-state index contributed by atoms with van der Waals surface area (Å²) in [5, 5.41) is 0.465. The molecule has 1 heterocycles. The molecule has 0 spiro atoms. The summed E-state index contributed by atoms with van der Waals surface area (Å²) in [6, 6.07) is 11.3. The van der Waals surface area contributed by atoms with Gasteiger partial charge in [0.1, 0.15) is 16.7 Å². The molecule has 2 aromatic rings. The summed E-state index contributed by atoms with van der Waals surface area (Å²) in [7, 11) is -2.16. The molecule has 33 heavy (non-hydrogen) atoms. The lowest BCUT2D eigenvalue weighted by Gasteiger charge is -2.40. The van der Waals surface area contributed by atoms with Gasteiger partial charge in [0, 0.05) is 25.2 Å². The van der Waals surface area contributed by atoms with E-state index in [0.717, 1.165) is 12.8 Å². The first kappa shape index (κ1) is 24.3. The zero-order chi connectivity index (χ0) is 23.6. The van der Waals surface area contributed by atoms with E-state index in [4.69, 9.17) is 27.9 Å². The monoisotopic (exact) mass is 510 g/mol. The summed E-state index contributed by atoms with van der Waals surface area (Å²) in [6.45, 7) is 0.840. The number of amides is 1. The van der Waals surface area contributed by atoms with Crippen molar-refractivity contribution in [2.75, 3.05) is 20.1 Å². The standard InChI is InChI=1S/C24H28Cl2N2O4S/c1-27-14-6-7-15-28(33(30,31)23-16-17(25)12-13-19(23)26)20-9-3-5-11-22(20)32-21-10-4-2-8-18(21)24(27)29/h2,4,8,10,12-13,16,20,22H,3,5-7,9,11,14-15H2,1H3/t20-,22+/m1/s1. The molecule has 2 aliphatic rings. The molecule has 4 rings (SSSR count). The van der Waals surface area contributed by atoms with Gasteiger partial charge in [0.2, 0.25) is 10.0 Å². The molecule has 0 saturated heterocycles. The van der Waals surface area contributed by atoms with E-state index >= 15 is 0 Å². The molecule has 1 aliphatic carbocycles. The Kier molecular flexibility index (Phi) is 7.53. The van der Waals surface area contributed by atoms with Gasteiger partial charge in [0.15, 0.2) is 0 Å². The molecule has 9 heteroatoms. The Hall–Kier alpha value is -1.80. The van der Waals surface area contributed by atoms with Gasteiger partial charge in [-0.05, 0) is 62.4 Å². The van der Waals surface area contributed by atoms with E-state index in [1.54, 1.807) is 34.5 Å². The third kappa shape index (κ3) is 5.16. The Labute approximate surface area is 205 Å². The average molecular weight is 511 g/mol. The zero-order valence-electron chi connectivity index (χ0n) is 18.5. The van der Waals surface area contributed by atoms with Crippen LogP contribution < -0.4 is 4.74 Å². The maximum Gasteiger partial charge on any atom is 0.257 e. The van der Waals surface area contributed by atoms with Gasteiger partial charge in [-0.15, -0.1) is 0 Å². The number of halogens is 2. The number of hydrogen-bond donors (Lipinski definition) is 0. The molecule has 6 nitrogen and oxygen atoms in total. The van der Waals surface area contributed by atoms with E-state index in [2.05, 4.69) is 0 Å². The van der Waals surface area contributed by atoms with Gasteiger partial charge in [0.05, 0.1) is 16.6 Å². The van der Waals surface area contributed by atoms with Crippen LogP contribution in [0.15, 0.2) is 47.4 Å². The quantitative estimate of drug-likeness (QED) is 0.553. The topological polar surface area (TPSA) is 66.9 Å². The number of ether oxygens (including phenoxy) is 1. The molecule has 0 aromatic heterocycles. The van der Waals surface area contributed by atoms with Gasteiger partial charge in [-0.25, -0.2) is 8.42 Å². The minimum Gasteiger partial charge on any atom is -0.488 e. The molecule has 178 valence electrons. The van der Waals surface area contributed by atoms with Crippen molar-refractivity contribution < 1.29 is 17.9 Å². The molecule has 1 aliphatic heterocycles. The van der Waals surface area contributed by atoms with Crippen molar-refractivity contribution in [2.24, 2.45) is 0 Å². The first-order valence-corrected chi connectivity index (χ1v) is 13.5. The summed E-state index contributed by atoms with van der Waals surface area (Å²) >= 11 is 12.4. The minimum absolute atomic E-state index is 0.0146. The Morgan fingerprint density at radius 1 is 0.970 bits per heavy atom. The third-order valence-corrected chi connectivity index (χ3v) is 9.02. The summed E-state index contributed by atoms with van der Waals surface area (Å²) in [6.07, 6.45) is 4.14. The van der Waals surface area contributed by atoms with Gasteiger partial charge in [-0.2, -0.15) is 4.31 Å². The number of nitrogens with zero attached hydrogens (tertiary/aromatic N) is 2. The van der Waals surface area contributed by atoms with Gasteiger partial charge < -0.3 is 9.64 Å². The maximum atomic E-state index is 13.9. The third-order valence-electron chi connectivity index (χ3n) is 6.38. The summed E-state index contributed by atoms with van der Waals surface area (Å²) < 4.78 is 35.7. The Bertz CT molecular complexity index is 1130. The van der Waals surface area contributed by atoms with Crippen molar-refractivity contribution in [3.8, 4) is 5.75 Å². The van der Waals surface area contributed by atoms with E-state index in [1.807, 2.05) is 12.1 Å². The van der Waals surface area contributed by atoms with Crippen LogP contribution in [0, 0.1) is 0 Å². The smallest absolute Gasteiger partial charge is 0.257 e. The molecule has 0 radical (unpaired) electrons. The molecule has 0 N–H and O–H groups in total. The van der Waals surface area contributed by atoms with Gasteiger partial charge in [-0.3, -0.25) is 4.79 Å². The first-order valence-electron chi connectivity index (χ1n) is 11.3. The van der Waals surface area contributed by atoms with Crippen molar-refractivity contribution in [1.29, 1.82) is 0 Å². The van der Waals surface area contributed by atoms with E-state index in [9.17, 15) is 13.2 Å². The highest BCUT2D eigenvalue weighted by molar-refractivity contribution is 7.89. The number of rotatable bonds is 2. The summed E-state index contributed by atoms with van der Waals surface area (Å²) in [4.78, 5) is 14.7. The largest absolute Gasteiger partial charge is 0.488 e. The minimum atomic E-state index is -3.92. The van der Waals surface area contributed by atoms with Crippen LogP contribution in [0.4, 0.5) is 0 Å². The summed E-state index contributed by atoms with van der Waals surface area (Å²) in [5.74, 6) is 0.402. The Morgan fingerprint density at radius 3 is 2.52 bits per heavy atom. The van der Waals surface area contributed by atoms with Crippen LogP contribution in [0.3, 0.4) is 0 Å². The second kappa shape index (κ2) is 10.2. The van der Waals surface area contributed by atoms with Crippen molar-refractivity contribution in [2.45, 2.75) is 55.6 Å². The van der Waals surface area contributed by atoms with Crippen LogP contribution in [0.1, 0.15) is 48.9 Å². The van der Waals surface area contributed by atoms with Crippen LogP contribution >= 0.6 is 23.2 Å². The highest BCUT2D eigenvalue weighted by atomic mass is 35.5. The van der Waals surface area contributed by atoms with Crippen LogP contribution in [0.2, 0.25) is 10.0 Å². The fraction of sp³-hybridized carbons (Fsp3) is 0.458. The average Bonchev–Trinajstić information content (AvgIpc) is 2.80. The zero-order valence-corrected chi connectivity index (χ0v) is 20.9. The van der Waals surface area contributed by atoms with Gasteiger partial charge >= 0.3 is 0 Å². The number of hydrogen-bond acceptors (Lipinski definition) is 4. The number of para-hydroxylation sites is 1. The second-order valence-corrected chi connectivity index (χ2v) is 11.3. The van der Waals surface area contributed by atoms with E-state index in [-0.39, 0.29) is 28.0 Å². The van der Waals surface area contributed by atoms with Crippen molar-refractivity contribution >= 4 is 39.1 Å². The molecular weight excluding hydrogens is 483 g/mol. The SMILES string of the molecule is CN1CCCCN(S(=O)(=O)c2cc(Cl)ccc2Cl)[C@@H]2CCCC[C@@H]2Oc2ccccc2C1=O. The molecule has 1 amide bonds. The van der Waals surface area contributed by atoms with Crippen LogP contribution in [0.5, 0.6) is 5.75 Å². The fourth-order valence-electron chi connectivity index (χ4n) is 4.64. The highest BCUT2D eigenvalue weighted by Gasteiger charge is 2.40.